The average Bonchev–Trinajstić information content (AvgIpc) is 3.33. The monoisotopic (exact) mass is 419 g/mol. The molecule has 2 aliphatic rings. The van der Waals surface area contributed by atoms with Gasteiger partial charge >= 0.3 is 6.18 Å². The second kappa shape index (κ2) is 7.30. The van der Waals surface area contributed by atoms with E-state index >= 15 is 0 Å². The Bertz CT molecular complexity index is 1070. The Balaban J connectivity index is 1.50. The summed E-state index contributed by atoms with van der Waals surface area (Å²) in [5, 5.41) is 0. The first-order valence-electron chi connectivity index (χ1n) is 10.1. The van der Waals surface area contributed by atoms with Gasteiger partial charge in [-0.1, -0.05) is 6.07 Å². The SMILES string of the molecule is FCc1ncc2c(n1)c1c(n2CCc2ccc(C(F)(F)F)nc2)CCN2CCCC12. The second-order valence-electron chi connectivity index (χ2n) is 7.91. The highest BCUT2D eigenvalue weighted by atomic mass is 19.4. The summed E-state index contributed by atoms with van der Waals surface area (Å²) in [5.41, 5.74) is 3.90. The van der Waals surface area contributed by atoms with Gasteiger partial charge in [0.25, 0.3) is 0 Å². The van der Waals surface area contributed by atoms with Gasteiger partial charge in [0.15, 0.2) is 5.82 Å². The number of aromatic nitrogens is 4. The number of nitrogens with zero attached hydrogens (tertiary/aromatic N) is 5. The van der Waals surface area contributed by atoms with Crippen LogP contribution >= 0.6 is 0 Å². The maximum Gasteiger partial charge on any atom is 0.433 e. The van der Waals surface area contributed by atoms with Crippen LogP contribution in [0.25, 0.3) is 11.0 Å². The summed E-state index contributed by atoms with van der Waals surface area (Å²) in [6, 6.07) is 2.79. The van der Waals surface area contributed by atoms with E-state index in [9.17, 15) is 17.6 Å². The molecule has 1 saturated heterocycles. The minimum Gasteiger partial charge on any atom is -0.341 e. The Morgan fingerprint density at radius 2 is 1.97 bits per heavy atom. The Morgan fingerprint density at radius 3 is 2.70 bits per heavy atom. The van der Waals surface area contributed by atoms with Crippen molar-refractivity contribution in [3.63, 3.8) is 0 Å². The van der Waals surface area contributed by atoms with Crippen molar-refractivity contribution in [1.82, 2.24) is 24.4 Å². The molecular weight excluding hydrogens is 398 g/mol. The van der Waals surface area contributed by atoms with Crippen LogP contribution in [0.2, 0.25) is 0 Å². The summed E-state index contributed by atoms with van der Waals surface area (Å²) >= 11 is 0. The first-order chi connectivity index (χ1) is 14.5. The first kappa shape index (κ1) is 19.4. The fourth-order valence-corrected chi connectivity index (χ4v) is 4.83. The zero-order valence-electron chi connectivity index (χ0n) is 16.3. The summed E-state index contributed by atoms with van der Waals surface area (Å²) < 4.78 is 53.6. The first-order valence-corrected chi connectivity index (χ1v) is 10.1. The van der Waals surface area contributed by atoms with Gasteiger partial charge in [0.2, 0.25) is 0 Å². The van der Waals surface area contributed by atoms with E-state index in [0.717, 1.165) is 55.0 Å². The summed E-state index contributed by atoms with van der Waals surface area (Å²) in [6.07, 6.45) is 2.14. The van der Waals surface area contributed by atoms with Crippen LogP contribution in [-0.2, 0) is 32.2 Å². The van der Waals surface area contributed by atoms with Crippen molar-refractivity contribution in [3.05, 3.63) is 52.9 Å². The van der Waals surface area contributed by atoms with Gasteiger partial charge in [-0.3, -0.25) is 9.88 Å². The molecule has 30 heavy (non-hydrogen) atoms. The third kappa shape index (κ3) is 3.25. The third-order valence-electron chi connectivity index (χ3n) is 6.19. The normalized spacial score (nSPS) is 19.3. The molecule has 0 bridgehead atoms. The van der Waals surface area contributed by atoms with Crippen LogP contribution in [0.3, 0.4) is 0 Å². The van der Waals surface area contributed by atoms with Gasteiger partial charge in [-0.2, -0.15) is 13.2 Å². The van der Waals surface area contributed by atoms with E-state index in [0.29, 0.717) is 19.0 Å². The molecule has 0 N–H and O–H groups in total. The van der Waals surface area contributed by atoms with Gasteiger partial charge in [0.05, 0.1) is 17.2 Å². The molecule has 2 aliphatic heterocycles. The van der Waals surface area contributed by atoms with Crippen LogP contribution in [0.4, 0.5) is 17.6 Å². The third-order valence-corrected chi connectivity index (χ3v) is 6.19. The molecule has 1 fully saturated rings. The summed E-state index contributed by atoms with van der Waals surface area (Å²) in [6.45, 7) is 1.92. The van der Waals surface area contributed by atoms with Gasteiger partial charge < -0.3 is 4.57 Å². The molecular formula is C21H21F4N5. The smallest absolute Gasteiger partial charge is 0.341 e. The molecule has 5 nitrogen and oxygen atoms in total. The highest BCUT2D eigenvalue weighted by Crippen LogP contribution is 2.42. The lowest BCUT2D eigenvalue weighted by atomic mass is 9.98. The molecule has 0 radical (unpaired) electrons. The van der Waals surface area contributed by atoms with Crippen LogP contribution in [-0.4, -0.2) is 37.5 Å². The standard InChI is InChI=1S/C21H21F4N5/c22-10-18-27-12-16-20(28-18)19-14-2-1-7-29(14)8-6-15(19)30(16)9-5-13-3-4-17(26-11-13)21(23,24)25/h3-4,11-12,14H,1-2,5-10H2. The van der Waals surface area contributed by atoms with Crippen molar-refractivity contribution in [2.75, 3.05) is 13.1 Å². The number of fused-ring (bicyclic) bond motifs is 5. The minimum absolute atomic E-state index is 0.185. The lowest BCUT2D eigenvalue weighted by molar-refractivity contribution is -0.141. The maximum absolute atomic E-state index is 13.2. The average molecular weight is 419 g/mol. The molecule has 3 aromatic rings. The number of pyridine rings is 1. The van der Waals surface area contributed by atoms with E-state index < -0.39 is 18.5 Å². The molecule has 9 heteroatoms. The number of hydrogen-bond acceptors (Lipinski definition) is 4. The van der Waals surface area contributed by atoms with Crippen molar-refractivity contribution in [3.8, 4) is 0 Å². The molecule has 1 unspecified atom stereocenters. The number of halogens is 4. The van der Waals surface area contributed by atoms with Crippen molar-refractivity contribution >= 4 is 11.0 Å². The van der Waals surface area contributed by atoms with Crippen molar-refractivity contribution in [2.45, 2.75) is 51.1 Å². The molecule has 0 aromatic carbocycles. The van der Waals surface area contributed by atoms with Gasteiger partial charge in [-0.15, -0.1) is 0 Å². The van der Waals surface area contributed by atoms with Crippen LogP contribution in [0, 0.1) is 0 Å². The Hall–Kier alpha value is -2.55. The lowest BCUT2D eigenvalue weighted by Crippen LogP contribution is -2.31. The highest BCUT2D eigenvalue weighted by Gasteiger charge is 2.36. The number of hydrogen-bond donors (Lipinski definition) is 0. The van der Waals surface area contributed by atoms with Gasteiger partial charge in [0, 0.05) is 43.0 Å². The predicted octanol–water partition coefficient (Wildman–Crippen LogP) is 4.25. The number of aryl methyl sites for hydroxylation is 2. The van der Waals surface area contributed by atoms with Crippen molar-refractivity contribution < 1.29 is 17.6 Å². The predicted molar refractivity (Wildman–Crippen MR) is 103 cm³/mol. The second-order valence-corrected chi connectivity index (χ2v) is 7.91. The topological polar surface area (TPSA) is 46.8 Å². The zero-order valence-corrected chi connectivity index (χ0v) is 16.3. The van der Waals surface area contributed by atoms with Crippen molar-refractivity contribution in [1.29, 1.82) is 0 Å². The molecule has 0 spiro atoms. The van der Waals surface area contributed by atoms with Crippen LogP contribution in [0.1, 0.15) is 47.2 Å². The Labute approximate surface area is 170 Å². The molecule has 3 aromatic heterocycles. The Kier molecular flexibility index (Phi) is 4.72. The summed E-state index contributed by atoms with van der Waals surface area (Å²) in [4.78, 5) is 14.7. The number of rotatable bonds is 4. The van der Waals surface area contributed by atoms with Gasteiger partial charge in [0.1, 0.15) is 12.4 Å². The van der Waals surface area contributed by atoms with Crippen molar-refractivity contribution in [2.24, 2.45) is 0 Å². The number of alkyl halides is 4. The van der Waals surface area contributed by atoms with E-state index in [2.05, 4.69) is 24.4 Å². The zero-order chi connectivity index (χ0) is 20.9. The molecule has 5 rings (SSSR count). The van der Waals surface area contributed by atoms with Crippen LogP contribution in [0.15, 0.2) is 24.5 Å². The van der Waals surface area contributed by atoms with E-state index in [1.54, 1.807) is 6.20 Å². The fourth-order valence-electron chi connectivity index (χ4n) is 4.83. The quantitative estimate of drug-likeness (QED) is 0.594. The molecule has 1 atom stereocenters. The largest absolute Gasteiger partial charge is 0.433 e. The maximum atomic E-state index is 13.2. The van der Waals surface area contributed by atoms with E-state index in [1.807, 2.05) is 0 Å². The lowest BCUT2D eigenvalue weighted by Gasteiger charge is -2.30. The van der Waals surface area contributed by atoms with Crippen LogP contribution in [0.5, 0.6) is 0 Å². The van der Waals surface area contributed by atoms with E-state index in [-0.39, 0.29) is 5.82 Å². The molecule has 158 valence electrons. The molecule has 0 saturated carbocycles. The molecule has 0 amide bonds. The highest BCUT2D eigenvalue weighted by molar-refractivity contribution is 5.82. The van der Waals surface area contributed by atoms with Crippen LogP contribution < -0.4 is 0 Å². The Morgan fingerprint density at radius 1 is 1.10 bits per heavy atom. The fraction of sp³-hybridized carbons (Fsp3) is 0.476. The molecule has 5 heterocycles. The van der Waals surface area contributed by atoms with Gasteiger partial charge in [-0.05, 0) is 37.4 Å². The summed E-state index contributed by atoms with van der Waals surface area (Å²) in [7, 11) is 0. The minimum atomic E-state index is -4.44. The van der Waals surface area contributed by atoms with Gasteiger partial charge in [-0.25, -0.2) is 14.4 Å². The van der Waals surface area contributed by atoms with E-state index in [4.69, 9.17) is 0 Å². The summed E-state index contributed by atoms with van der Waals surface area (Å²) in [5.74, 6) is 0.185. The molecule has 0 aliphatic carbocycles. The van der Waals surface area contributed by atoms with E-state index in [1.165, 1.54) is 23.5 Å².